The number of hydrogen-bond acceptors (Lipinski definition) is 3. The molecule has 26 heavy (non-hydrogen) atoms. The predicted molar refractivity (Wildman–Crippen MR) is 99.8 cm³/mol. The molecule has 0 saturated carbocycles. The van der Waals surface area contributed by atoms with Crippen LogP contribution in [0.1, 0.15) is 37.0 Å². The van der Waals surface area contributed by atoms with Gasteiger partial charge in [0.2, 0.25) is 0 Å². The summed E-state index contributed by atoms with van der Waals surface area (Å²) in [4.78, 5) is 23.8. The molecule has 0 spiro atoms. The second kappa shape index (κ2) is 10.4. The first kappa shape index (κ1) is 19.7. The fourth-order valence-corrected chi connectivity index (χ4v) is 2.82. The van der Waals surface area contributed by atoms with Crippen molar-refractivity contribution in [3.8, 4) is 0 Å². The Kier molecular flexibility index (Phi) is 7.83. The highest BCUT2D eigenvalue weighted by Gasteiger charge is 2.24. The Hall–Kier alpha value is -2.66. The number of rotatable bonds is 10. The summed E-state index contributed by atoms with van der Waals surface area (Å²) in [6, 6.07) is 18.8. The van der Waals surface area contributed by atoms with Crippen molar-refractivity contribution in [3.05, 3.63) is 71.8 Å². The average Bonchev–Trinajstić information content (AvgIpc) is 2.65. The summed E-state index contributed by atoms with van der Waals surface area (Å²) in [5.74, 6) is -1.12. The number of amides is 1. The molecule has 0 saturated heterocycles. The first-order chi connectivity index (χ1) is 12.6. The lowest BCUT2D eigenvalue weighted by atomic mass is 10.0. The molecule has 0 aromatic heterocycles. The van der Waals surface area contributed by atoms with E-state index in [1.807, 2.05) is 67.6 Å². The Morgan fingerprint density at radius 1 is 1.04 bits per heavy atom. The van der Waals surface area contributed by atoms with Crippen molar-refractivity contribution >= 4 is 11.9 Å². The quantitative estimate of drug-likeness (QED) is 0.685. The van der Waals surface area contributed by atoms with Gasteiger partial charge in [-0.15, -0.1) is 0 Å². The van der Waals surface area contributed by atoms with Crippen molar-refractivity contribution in [2.24, 2.45) is 0 Å². The monoisotopic (exact) mass is 355 g/mol. The number of benzene rings is 2. The highest BCUT2D eigenvalue weighted by molar-refractivity contribution is 5.82. The maximum atomic E-state index is 12.8. The summed E-state index contributed by atoms with van der Waals surface area (Å²) >= 11 is 0. The molecule has 0 bridgehead atoms. The first-order valence-electron chi connectivity index (χ1n) is 8.82. The molecule has 2 rings (SSSR count). The summed E-state index contributed by atoms with van der Waals surface area (Å²) in [5, 5.41) is 12.0. The van der Waals surface area contributed by atoms with Gasteiger partial charge in [-0.05, 0) is 30.9 Å². The van der Waals surface area contributed by atoms with E-state index in [1.54, 1.807) is 0 Å². The number of carbonyl (C=O) groups excluding carboxylic acids is 1. The highest BCUT2D eigenvalue weighted by atomic mass is 16.5. The predicted octanol–water partition coefficient (Wildman–Crippen LogP) is 3.36. The van der Waals surface area contributed by atoms with Gasteiger partial charge in [0, 0.05) is 19.1 Å². The molecule has 0 fully saturated rings. The van der Waals surface area contributed by atoms with Gasteiger partial charge in [-0.1, -0.05) is 60.7 Å². The minimum absolute atomic E-state index is 0.00240. The van der Waals surface area contributed by atoms with Gasteiger partial charge < -0.3 is 15.2 Å². The van der Waals surface area contributed by atoms with Gasteiger partial charge in [0.15, 0.2) is 6.10 Å². The van der Waals surface area contributed by atoms with Gasteiger partial charge in [0.25, 0.3) is 5.91 Å². The molecule has 0 radical (unpaired) electrons. The summed E-state index contributed by atoms with van der Waals surface area (Å²) in [5.41, 5.74) is 1.83. The Balaban J connectivity index is 2.10. The van der Waals surface area contributed by atoms with Crippen molar-refractivity contribution in [2.45, 2.75) is 38.3 Å². The van der Waals surface area contributed by atoms with E-state index in [4.69, 9.17) is 9.84 Å². The van der Waals surface area contributed by atoms with E-state index in [0.717, 1.165) is 11.1 Å². The normalized spacial score (nSPS) is 13.0. The zero-order valence-electron chi connectivity index (χ0n) is 14.9. The number of hydrogen-bond donors (Lipinski definition) is 2. The molecule has 0 aliphatic heterocycles. The third kappa shape index (κ3) is 6.33. The molecule has 5 heteroatoms. The van der Waals surface area contributed by atoms with E-state index < -0.39 is 12.1 Å². The summed E-state index contributed by atoms with van der Waals surface area (Å²) in [6.45, 7) is 2.25. The molecule has 2 aromatic rings. The summed E-state index contributed by atoms with van der Waals surface area (Å²) in [7, 11) is 0. The maximum Gasteiger partial charge on any atom is 0.303 e. The zero-order valence-corrected chi connectivity index (χ0v) is 14.9. The number of ether oxygens (including phenoxy) is 1. The number of aliphatic carboxylic acids is 1. The van der Waals surface area contributed by atoms with Crippen LogP contribution in [0.4, 0.5) is 0 Å². The van der Waals surface area contributed by atoms with Crippen LogP contribution in [0.3, 0.4) is 0 Å². The molecule has 0 aliphatic rings. The topological polar surface area (TPSA) is 75.6 Å². The highest BCUT2D eigenvalue weighted by Crippen LogP contribution is 2.18. The van der Waals surface area contributed by atoms with Gasteiger partial charge in [0.05, 0.1) is 0 Å². The second-order valence-electron chi connectivity index (χ2n) is 6.07. The third-order valence-corrected chi connectivity index (χ3v) is 4.05. The summed E-state index contributed by atoms with van der Waals surface area (Å²) in [6.07, 6.45) is 0.240. The molecule has 2 atom stereocenters. The lowest BCUT2D eigenvalue weighted by Gasteiger charge is -2.23. The van der Waals surface area contributed by atoms with E-state index in [9.17, 15) is 9.59 Å². The lowest BCUT2D eigenvalue weighted by molar-refractivity contribution is -0.138. The van der Waals surface area contributed by atoms with Crippen molar-refractivity contribution < 1.29 is 19.4 Å². The largest absolute Gasteiger partial charge is 0.481 e. The minimum Gasteiger partial charge on any atom is -0.481 e. The van der Waals surface area contributed by atoms with Crippen molar-refractivity contribution in [2.75, 3.05) is 6.61 Å². The van der Waals surface area contributed by atoms with Crippen LogP contribution in [0.5, 0.6) is 0 Å². The van der Waals surface area contributed by atoms with E-state index >= 15 is 0 Å². The lowest BCUT2D eigenvalue weighted by Crippen LogP contribution is -2.40. The molecule has 5 nitrogen and oxygen atoms in total. The Bertz CT molecular complexity index is 688. The molecular formula is C21H25NO4. The number of carboxylic acid groups (broad SMARTS) is 1. The van der Waals surface area contributed by atoms with E-state index in [0.29, 0.717) is 19.4 Å². The van der Waals surface area contributed by atoms with E-state index in [1.165, 1.54) is 0 Å². The SMILES string of the molecule is CCOC(C(=O)NC(CCC(=O)O)Cc1ccccc1)c1ccccc1. The smallest absolute Gasteiger partial charge is 0.303 e. The van der Waals surface area contributed by atoms with Gasteiger partial charge >= 0.3 is 5.97 Å². The third-order valence-electron chi connectivity index (χ3n) is 4.05. The standard InChI is InChI=1S/C21H25NO4/c1-2-26-20(17-11-7-4-8-12-17)21(25)22-18(13-14-19(23)24)15-16-9-5-3-6-10-16/h3-12,18,20H,2,13-15H2,1H3,(H,22,25)(H,23,24). The molecule has 2 unspecified atom stereocenters. The van der Waals surface area contributed by atoms with Crippen LogP contribution < -0.4 is 5.32 Å². The van der Waals surface area contributed by atoms with Crippen LogP contribution in [-0.4, -0.2) is 29.6 Å². The molecule has 0 aliphatic carbocycles. The van der Waals surface area contributed by atoms with Gasteiger partial charge in [0.1, 0.15) is 0 Å². The Morgan fingerprint density at radius 2 is 1.65 bits per heavy atom. The second-order valence-corrected chi connectivity index (χ2v) is 6.07. The summed E-state index contributed by atoms with van der Waals surface area (Å²) < 4.78 is 5.64. The minimum atomic E-state index is -0.873. The van der Waals surface area contributed by atoms with Crippen LogP contribution in [0.15, 0.2) is 60.7 Å². The van der Waals surface area contributed by atoms with Crippen molar-refractivity contribution in [3.63, 3.8) is 0 Å². The molecule has 2 aromatic carbocycles. The van der Waals surface area contributed by atoms with Crippen LogP contribution in [0.25, 0.3) is 0 Å². The van der Waals surface area contributed by atoms with Crippen LogP contribution in [0.2, 0.25) is 0 Å². The Labute approximate surface area is 154 Å². The fourth-order valence-electron chi connectivity index (χ4n) is 2.82. The molecule has 2 N–H and O–H groups in total. The Morgan fingerprint density at radius 3 is 2.23 bits per heavy atom. The van der Waals surface area contributed by atoms with Crippen molar-refractivity contribution in [1.82, 2.24) is 5.32 Å². The van der Waals surface area contributed by atoms with Crippen molar-refractivity contribution in [1.29, 1.82) is 0 Å². The van der Waals surface area contributed by atoms with E-state index in [2.05, 4.69) is 5.32 Å². The van der Waals surface area contributed by atoms with Gasteiger partial charge in [-0.25, -0.2) is 0 Å². The van der Waals surface area contributed by atoms with Crippen LogP contribution in [-0.2, 0) is 20.7 Å². The molecule has 0 heterocycles. The number of nitrogens with one attached hydrogen (secondary N) is 1. The number of carbonyl (C=O) groups is 2. The average molecular weight is 355 g/mol. The molecule has 138 valence electrons. The van der Waals surface area contributed by atoms with Gasteiger partial charge in [-0.2, -0.15) is 0 Å². The zero-order chi connectivity index (χ0) is 18.8. The van der Waals surface area contributed by atoms with Gasteiger partial charge in [-0.3, -0.25) is 9.59 Å². The number of carboxylic acids is 1. The van der Waals surface area contributed by atoms with E-state index in [-0.39, 0.29) is 18.4 Å². The van der Waals surface area contributed by atoms with Crippen LogP contribution >= 0.6 is 0 Å². The van der Waals surface area contributed by atoms with Crippen LogP contribution in [0, 0.1) is 0 Å². The molecular weight excluding hydrogens is 330 g/mol. The maximum absolute atomic E-state index is 12.8. The fraction of sp³-hybridized carbons (Fsp3) is 0.333. The molecule has 1 amide bonds. The first-order valence-corrected chi connectivity index (χ1v) is 8.82.